The van der Waals surface area contributed by atoms with E-state index in [0.717, 1.165) is 0 Å². The summed E-state index contributed by atoms with van der Waals surface area (Å²) < 4.78 is 17.9. The fourth-order valence-corrected chi connectivity index (χ4v) is 7.74. The molecule has 0 aromatic rings. The second kappa shape index (κ2) is 13.7. The number of carbonyl (C=O) groups excluding carboxylic acids is 1. The number of carbonyl (C=O) groups is 1. The van der Waals surface area contributed by atoms with Gasteiger partial charge in [0.15, 0.2) is 21.9 Å². The van der Waals surface area contributed by atoms with E-state index in [-0.39, 0.29) is 10.2 Å². The van der Waals surface area contributed by atoms with Crippen LogP contribution in [0.15, 0.2) is 0 Å². The van der Waals surface area contributed by atoms with Gasteiger partial charge in [0.05, 0.1) is 12.0 Å². The molecule has 0 atom stereocenters. The summed E-state index contributed by atoms with van der Waals surface area (Å²) in [5.74, 6) is 0.662. The van der Waals surface area contributed by atoms with Crippen molar-refractivity contribution in [3.8, 4) is 0 Å². The Bertz CT molecular complexity index is 557. The molecule has 0 aromatic carbocycles. The molecule has 0 spiro atoms. The van der Waals surface area contributed by atoms with Gasteiger partial charge in [-0.15, -0.1) is 0 Å². The summed E-state index contributed by atoms with van der Waals surface area (Å²) in [5.41, 5.74) is -0.505. The highest BCUT2D eigenvalue weighted by Gasteiger charge is 2.40. The zero-order valence-corrected chi connectivity index (χ0v) is 27.1. The molecule has 0 aliphatic rings. The third-order valence-corrected chi connectivity index (χ3v) is 14.9. The predicted molar refractivity (Wildman–Crippen MR) is 151 cm³/mol. The molecule has 0 radical (unpaired) electrons. The van der Waals surface area contributed by atoms with Crippen molar-refractivity contribution >= 4 is 33.6 Å². The van der Waals surface area contributed by atoms with E-state index < -0.39 is 22.2 Å². The largest absolute Gasteiger partial charge is 0.416 e. The second-order valence-corrected chi connectivity index (χ2v) is 19.9. The van der Waals surface area contributed by atoms with Gasteiger partial charge in [-0.25, -0.2) is 9.34 Å². The minimum Gasteiger partial charge on any atom is -0.416 e. The van der Waals surface area contributed by atoms with Crippen LogP contribution in [0.1, 0.15) is 90.0 Å². The average molecular weight is 523 g/mol. The van der Waals surface area contributed by atoms with Crippen molar-refractivity contribution < 1.29 is 13.7 Å². The molecule has 0 N–H and O–H groups in total. The first-order valence-corrected chi connectivity index (χ1v) is 17.6. The maximum absolute atomic E-state index is 13.0. The van der Waals surface area contributed by atoms with Crippen molar-refractivity contribution in [3.63, 3.8) is 0 Å². The Morgan fingerprint density at radius 3 is 1.58 bits per heavy atom. The van der Waals surface area contributed by atoms with Gasteiger partial charge in [-0.2, -0.15) is 0 Å². The SMILES string of the molecule is CC(C)N(C(C)C)P(OCCSC(=O)C(C)(C)CO[Si](C)(C)C(C)(C)C)N(C(C)C)C(C)C. The molecule has 0 aliphatic carbocycles. The predicted octanol–water partition coefficient (Wildman–Crippen LogP) is 7.78. The first kappa shape index (κ1) is 33.5. The van der Waals surface area contributed by atoms with Crippen LogP contribution in [0.25, 0.3) is 0 Å². The molecule has 0 rings (SSSR count). The number of hydrogen-bond donors (Lipinski definition) is 0. The topological polar surface area (TPSA) is 42.0 Å². The normalized spacial score (nSPS) is 14.2. The lowest BCUT2D eigenvalue weighted by molar-refractivity contribution is -0.119. The summed E-state index contributed by atoms with van der Waals surface area (Å²) in [6.45, 7) is 34.1. The van der Waals surface area contributed by atoms with E-state index in [1.165, 1.54) is 11.8 Å². The van der Waals surface area contributed by atoms with E-state index in [1.807, 2.05) is 13.8 Å². The molecule has 33 heavy (non-hydrogen) atoms. The van der Waals surface area contributed by atoms with Crippen LogP contribution in [0.2, 0.25) is 18.1 Å². The average Bonchev–Trinajstić information content (AvgIpc) is 2.61. The smallest absolute Gasteiger partial charge is 0.196 e. The highest BCUT2D eigenvalue weighted by Crippen LogP contribution is 2.50. The van der Waals surface area contributed by atoms with E-state index in [1.54, 1.807) is 0 Å². The molecule has 0 heterocycles. The molecule has 0 bridgehead atoms. The van der Waals surface area contributed by atoms with E-state index >= 15 is 0 Å². The second-order valence-electron chi connectivity index (χ2n) is 12.3. The van der Waals surface area contributed by atoms with E-state index in [9.17, 15) is 4.79 Å². The Labute approximate surface area is 213 Å². The molecule has 8 heteroatoms. The third kappa shape index (κ3) is 10.6. The maximum Gasteiger partial charge on any atom is 0.196 e. The Hall–Kier alpha value is 0.507. The lowest BCUT2D eigenvalue weighted by Gasteiger charge is -2.45. The highest BCUT2D eigenvalue weighted by molar-refractivity contribution is 8.13. The van der Waals surface area contributed by atoms with Crippen molar-refractivity contribution in [2.75, 3.05) is 19.0 Å². The number of nitrogens with zero attached hydrogens (tertiary/aromatic N) is 2. The fourth-order valence-electron chi connectivity index (χ4n) is 3.32. The third-order valence-electron chi connectivity index (χ3n) is 6.19. The Balaban J connectivity index is 5.14. The fraction of sp³-hybridized carbons (Fsp3) is 0.960. The van der Waals surface area contributed by atoms with Crippen molar-refractivity contribution in [3.05, 3.63) is 0 Å². The monoisotopic (exact) mass is 522 g/mol. The summed E-state index contributed by atoms with van der Waals surface area (Å²) in [6, 6.07) is 1.54. The van der Waals surface area contributed by atoms with Gasteiger partial charge >= 0.3 is 0 Å². The standard InChI is InChI=1S/C25H55N2O3PSSi/c1-19(2)26(20(3)4)31(27(21(5)6)22(7)8)29-16-17-32-23(28)25(12,13)18-30-33(14,15)24(9,10)11/h19-22H,16-18H2,1-15H3. The molecular formula is C25H55N2O3PSSi. The minimum absolute atomic E-state index is 0.141. The van der Waals surface area contributed by atoms with Gasteiger partial charge in [0.25, 0.3) is 0 Å². The lowest BCUT2D eigenvalue weighted by atomic mass is 9.97. The summed E-state index contributed by atoms with van der Waals surface area (Å²) in [6.07, 6.45) is 0. The molecule has 198 valence electrons. The van der Waals surface area contributed by atoms with Crippen LogP contribution in [0.4, 0.5) is 0 Å². The van der Waals surface area contributed by atoms with Crippen molar-refractivity contribution in [2.24, 2.45) is 5.41 Å². The molecule has 0 saturated heterocycles. The number of thioether (sulfide) groups is 1. The molecule has 0 unspecified atom stereocenters. The number of rotatable bonds is 14. The van der Waals surface area contributed by atoms with Crippen LogP contribution in [0.3, 0.4) is 0 Å². The lowest BCUT2D eigenvalue weighted by Crippen LogP contribution is -2.44. The van der Waals surface area contributed by atoms with Gasteiger partial charge in [0, 0.05) is 36.5 Å². The summed E-state index contributed by atoms with van der Waals surface area (Å²) in [4.78, 5) is 13.0. The van der Waals surface area contributed by atoms with Gasteiger partial charge in [-0.3, -0.25) is 4.79 Å². The van der Waals surface area contributed by atoms with Gasteiger partial charge < -0.3 is 8.95 Å². The Morgan fingerprint density at radius 2 is 1.24 bits per heavy atom. The highest BCUT2D eigenvalue weighted by atomic mass is 32.2. The quantitative estimate of drug-likeness (QED) is 0.132. The molecule has 0 aliphatic heterocycles. The first-order valence-electron chi connectivity index (χ1n) is 12.6. The van der Waals surface area contributed by atoms with E-state index in [0.29, 0.717) is 43.1 Å². The summed E-state index contributed by atoms with van der Waals surface area (Å²) in [5, 5.41) is 0.324. The van der Waals surface area contributed by atoms with Gasteiger partial charge in [0.2, 0.25) is 0 Å². The van der Waals surface area contributed by atoms with Crippen LogP contribution < -0.4 is 0 Å². The van der Waals surface area contributed by atoms with Gasteiger partial charge in [-0.1, -0.05) is 32.5 Å². The molecule has 0 saturated carbocycles. The molecule has 0 aromatic heterocycles. The zero-order chi connectivity index (χ0) is 26.4. The van der Waals surface area contributed by atoms with Gasteiger partial charge in [0.1, 0.15) is 0 Å². The van der Waals surface area contributed by atoms with E-state index in [4.69, 9.17) is 8.95 Å². The van der Waals surface area contributed by atoms with Crippen molar-refractivity contribution in [1.82, 2.24) is 9.34 Å². The van der Waals surface area contributed by atoms with Gasteiger partial charge in [-0.05, 0) is 87.4 Å². The maximum atomic E-state index is 13.0. The van der Waals surface area contributed by atoms with Crippen LogP contribution in [0.5, 0.6) is 0 Å². The van der Waals surface area contributed by atoms with Crippen LogP contribution in [-0.2, 0) is 13.7 Å². The molecule has 5 nitrogen and oxygen atoms in total. The van der Waals surface area contributed by atoms with Crippen LogP contribution >= 0.6 is 20.2 Å². The molecule has 0 fully saturated rings. The molecule has 0 amide bonds. The zero-order valence-electron chi connectivity index (χ0n) is 24.4. The first-order chi connectivity index (χ1) is 14.8. The minimum atomic E-state index is -1.88. The molecular weight excluding hydrogens is 467 g/mol. The Morgan fingerprint density at radius 1 is 0.848 bits per heavy atom. The number of hydrogen-bond acceptors (Lipinski definition) is 6. The van der Waals surface area contributed by atoms with Crippen LogP contribution in [-0.4, -0.2) is 65.9 Å². The van der Waals surface area contributed by atoms with Crippen LogP contribution in [0, 0.1) is 5.41 Å². The van der Waals surface area contributed by atoms with Crippen molar-refractivity contribution in [2.45, 2.75) is 132 Å². The van der Waals surface area contributed by atoms with Crippen molar-refractivity contribution in [1.29, 1.82) is 0 Å². The van der Waals surface area contributed by atoms with E-state index in [2.05, 4.69) is 98.6 Å². The summed E-state index contributed by atoms with van der Waals surface area (Å²) in [7, 11) is -2.79. The Kier molecular flexibility index (Phi) is 13.9. The summed E-state index contributed by atoms with van der Waals surface area (Å²) >= 11 is 1.39.